The van der Waals surface area contributed by atoms with Crippen molar-refractivity contribution < 1.29 is 13.2 Å². The van der Waals surface area contributed by atoms with Gasteiger partial charge >= 0.3 is 6.03 Å². The fourth-order valence-corrected chi connectivity index (χ4v) is 3.88. The molecule has 1 aromatic carbocycles. The molecule has 7 heteroatoms. The van der Waals surface area contributed by atoms with Crippen LogP contribution in [0.15, 0.2) is 29.2 Å². The number of hydrogen-bond donors (Lipinski definition) is 2. The first-order chi connectivity index (χ1) is 11.6. The van der Waals surface area contributed by atoms with Gasteiger partial charge in [0.2, 0.25) is 10.0 Å². The van der Waals surface area contributed by atoms with Crippen LogP contribution in [0.2, 0.25) is 0 Å². The van der Waals surface area contributed by atoms with Crippen LogP contribution in [0.3, 0.4) is 0 Å². The fraction of sp³-hybridized carbons (Fsp3) is 0.611. The Kier molecular flexibility index (Phi) is 6.11. The number of hydrogen-bond acceptors (Lipinski definition) is 3. The molecule has 1 aliphatic heterocycles. The number of carbonyl (C=O) groups excluding carboxylic acids is 1. The van der Waals surface area contributed by atoms with E-state index in [0.717, 1.165) is 18.4 Å². The number of rotatable bonds is 4. The average molecular weight is 368 g/mol. The molecule has 6 nitrogen and oxygen atoms in total. The molecule has 0 spiro atoms. The van der Waals surface area contributed by atoms with E-state index < -0.39 is 10.0 Å². The number of aryl methyl sites for hydroxylation is 1. The number of nitrogens with zero attached hydrogens (tertiary/aromatic N) is 1. The summed E-state index contributed by atoms with van der Waals surface area (Å²) in [6.45, 7) is 9.50. The Bertz CT molecular complexity index is 685. The molecule has 1 heterocycles. The smallest absolute Gasteiger partial charge is 0.317 e. The molecular weight excluding hydrogens is 338 g/mol. The molecule has 0 bridgehead atoms. The Morgan fingerprint density at radius 3 is 2.24 bits per heavy atom. The first-order valence-corrected chi connectivity index (χ1v) is 10.2. The van der Waals surface area contributed by atoms with Crippen molar-refractivity contribution in [1.82, 2.24) is 14.9 Å². The van der Waals surface area contributed by atoms with Gasteiger partial charge in [-0.2, -0.15) is 0 Å². The van der Waals surface area contributed by atoms with Crippen LogP contribution in [0.1, 0.15) is 39.2 Å². The second kappa shape index (κ2) is 7.74. The third kappa shape index (κ3) is 6.01. The largest absolute Gasteiger partial charge is 0.333 e. The Hall–Kier alpha value is -1.60. The molecule has 0 aromatic heterocycles. The van der Waals surface area contributed by atoms with Crippen LogP contribution >= 0.6 is 0 Å². The van der Waals surface area contributed by atoms with E-state index in [-0.39, 0.29) is 17.5 Å². The van der Waals surface area contributed by atoms with Gasteiger partial charge in [0.15, 0.2) is 0 Å². The number of nitrogens with one attached hydrogen (secondary N) is 2. The van der Waals surface area contributed by atoms with Gasteiger partial charge < -0.3 is 10.2 Å². The van der Waals surface area contributed by atoms with Gasteiger partial charge in [-0.3, -0.25) is 0 Å². The van der Waals surface area contributed by atoms with E-state index in [1.165, 1.54) is 0 Å². The van der Waals surface area contributed by atoms with Gasteiger partial charge in [0.25, 0.3) is 0 Å². The van der Waals surface area contributed by atoms with Crippen LogP contribution in [0.25, 0.3) is 0 Å². The van der Waals surface area contributed by atoms with E-state index in [4.69, 9.17) is 0 Å². The molecule has 2 amide bonds. The lowest BCUT2D eigenvalue weighted by atomic mass is 9.97. The summed E-state index contributed by atoms with van der Waals surface area (Å²) in [5, 5.41) is 2.96. The second-order valence-corrected chi connectivity index (χ2v) is 9.54. The molecule has 0 radical (unpaired) electrons. The highest BCUT2D eigenvalue weighted by Gasteiger charge is 2.26. The van der Waals surface area contributed by atoms with Crippen molar-refractivity contribution in [2.75, 3.05) is 19.6 Å². The number of piperidine rings is 1. The van der Waals surface area contributed by atoms with Gasteiger partial charge in [-0.05, 0) is 58.6 Å². The van der Waals surface area contributed by atoms with E-state index in [1.807, 2.05) is 27.7 Å². The number of carbonyl (C=O) groups is 1. The van der Waals surface area contributed by atoms with Gasteiger partial charge in [-0.15, -0.1) is 0 Å². The Balaban J connectivity index is 1.82. The maximum absolute atomic E-state index is 12.3. The van der Waals surface area contributed by atoms with Crippen LogP contribution in [-0.2, 0) is 10.0 Å². The lowest BCUT2D eigenvalue weighted by Crippen LogP contribution is -2.51. The van der Waals surface area contributed by atoms with Crippen LogP contribution in [-0.4, -0.2) is 44.5 Å². The van der Waals surface area contributed by atoms with Gasteiger partial charge in [0.1, 0.15) is 0 Å². The minimum atomic E-state index is -3.47. The standard InChI is InChI=1S/C18H29N3O3S/c1-14-5-7-16(8-6-14)25(23,24)19-13-15-9-11-21(12-10-15)17(22)20-18(2,3)4/h5-8,15,19H,9-13H2,1-4H3,(H,20,22). The summed E-state index contributed by atoms with van der Waals surface area (Å²) in [4.78, 5) is 14.2. The number of benzene rings is 1. The summed E-state index contributed by atoms with van der Waals surface area (Å²) in [7, 11) is -3.47. The molecule has 140 valence electrons. The fourth-order valence-electron chi connectivity index (χ4n) is 2.77. The molecular formula is C18H29N3O3S. The third-order valence-corrected chi connectivity index (χ3v) is 5.72. The molecule has 2 rings (SSSR count). The predicted molar refractivity (Wildman–Crippen MR) is 98.9 cm³/mol. The van der Waals surface area contributed by atoms with Crippen molar-refractivity contribution >= 4 is 16.1 Å². The van der Waals surface area contributed by atoms with E-state index in [1.54, 1.807) is 29.2 Å². The first-order valence-electron chi connectivity index (χ1n) is 8.70. The van der Waals surface area contributed by atoms with Crippen LogP contribution in [0.4, 0.5) is 4.79 Å². The van der Waals surface area contributed by atoms with Gasteiger partial charge in [0.05, 0.1) is 4.90 Å². The topological polar surface area (TPSA) is 78.5 Å². The number of likely N-dealkylation sites (tertiary alicyclic amines) is 1. The van der Waals surface area contributed by atoms with E-state index >= 15 is 0 Å². The van der Waals surface area contributed by atoms with Gasteiger partial charge in [-0.1, -0.05) is 17.7 Å². The van der Waals surface area contributed by atoms with Crippen LogP contribution < -0.4 is 10.0 Å². The molecule has 0 unspecified atom stereocenters. The third-order valence-electron chi connectivity index (χ3n) is 4.28. The Morgan fingerprint density at radius 1 is 1.16 bits per heavy atom. The molecule has 1 fully saturated rings. The minimum absolute atomic E-state index is 0.0498. The molecule has 0 saturated carbocycles. The molecule has 2 N–H and O–H groups in total. The maximum Gasteiger partial charge on any atom is 0.317 e. The van der Waals surface area contributed by atoms with Crippen molar-refractivity contribution in [3.8, 4) is 0 Å². The number of amides is 2. The van der Waals surface area contributed by atoms with E-state index in [2.05, 4.69) is 10.0 Å². The predicted octanol–water partition coefficient (Wildman–Crippen LogP) is 2.49. The van der Waals surface area contributed by atoms with Crippen molar-refractivity contribution in [2.24, 2.45) is 5.92 Å². The summed E-state index contributed by atoms with van der Waals surface area (Å²) in [6.07, 6.45) is 1.60. The van der Waals surface area contributed by atoms with Gasteiger partial charge in [-0.25, -0.2) is 17.9 Å². The minimum Gasteiger partial charge on any atom is -0.333 e. The monoisotopic (exact) mass is 367 g/mol. The van der Waals surface area contributed by atoms with Crippen molar-refractivity contribution in [1.29, 1.82) is 0 Å². The zero-order valence-electron chi connectivity index (χ0n) is 15.5. The van der Waals surface area contributed by atoms with Crippen molar-refractivity contribution in [3.05, 3.63) is 29.8 Å². The molecule has 0 aliphatic carbocycles. The lowest BCUT2D eigenvalue weighted by molar-refractivity contribution is 0.163. The zero-order chi connectivity index (χ0) is 18.7. The Morgan fingerprint density at radius 2 is 1.72 bits per heavy atom. The zero-order valence-corrected chi connectivity index (χ0v) is 16.3. The molecule has 1 aromatic rings. The van der Waals surface area contributed by atoms with Crippen LogP contribution in [0.5, 0.6) is 0 Å². The highest BCUT2D eigenvalue weighted by atomic mass is 32.2. The highest BCUT2D eigenvalue weighted by Crippen LogP contribution is 2.18. The van der Waals surface area contributed by atoms with Crippen molar-refractivity contribution in [2.45, 2.75) is 51.0 Å². The maximum atomic E-state index is 12.3. The second-order valence-electron chi connectivity index (χ2n) is 7.78. The summed E-state index contributed by atoms with van der Waals surface area (Å²) in [6, 6.07) is 6.78. The number of sulfonamides is 1. The summed E-state index contributed by atoms with van der Waals surface area (Å²) >= 11 is 0. The Labute approximate surface area is 151 Å². The lowest BCUT2D eigenvalue weighted by Gasteiger charge is -2.34. The molecule has 25 heavy (non-hydrogen) atoms. The van der Waals surface area contributed by atoms with Crippen LogP contribution in [0, 0.1) is 12.8 Å². The average Bonchev–Trinajstić information content (AvgIpc) is 2.52. The summed E-state index contributed by atoms with van der Waals surface area (Å²) < 4.78 is 27.4. The van der Waals surface area contributed by atoms with Gasteiger partial charge in [0, 0.05) is 25.2 Å². The number of urea groups is 1. The van der Waals surface area contributed by atoms with Crippen molar-refractivity contribution in [3.63, 3.8) is 0 Å². The normalized spacial score (nSPS) is 16.7. The summed E-state index contributed by atoms with van der Waals surface area (Å²) in [5.74, 6) is 0.249. The van der Waals surface area contributed by atoms with E-state index in [9.17, 15) is 13.2 Å². The first kappa shape index (κ1) is 19.7. The van der Waals surface area contributed by atoms with E-state index in [0.29, 0.717) is 24.5 Å². The SMILES string of the molecule is Cc1ccc(S(=O)(=O)NCC2CCN(C(=O)NC(C)(C)C)CC2)cc1. The molecule has 1 saturated heterocycles. The summed E-state index contributed by atoms with van der Waals surface area (Å²) in [5.41, 5.74) is 0.775. The highest BCUT2D eigenvalue weighted by molar-refractivity contribution is 7.89. The quantitative estimate of drug-likeness (QED) is 0.858. The molecule has 1 aliphatic rings. The molecule has 0 atom stereocenters.